The van der Waals surface area contributed by atoms with Crippen molar-refractivity contribution >= 4 is 11.6 Å². The van der Waals surface area contributed by atoms with E-state index in [1.54, 1.807) is 0 Å². The highest BCUT2D eigenvalue weighted by atomic mass is 16.1. The molecule has 0 aromatic heterocycles. The molecule has 0 aliphatic rings. The fourth-order valence-corrected chi connectivity index (χ4v) is 1.07. The van der Waals surface area contributed by atoms with E-state index in [9.17, 15) is 4.79 Å². The molecule has 0 saturated heterocycles. The van der Waals surface area contributed by atoms with Crippen LogP contribution in [0.2, 0.25) is 0 Å². The van der Waals surface area contributed by atoms with Crippen LogP contribution in [-0.4, -0.2) is 5.91 Å². The van der Waals surface area contributed by atoms with Crippen molar-refractivity contribution in [1.82, 2.24) is 0 Å². The number of hydrogen-bond donors (Lipinski definition) is 1. The summed E-state index contributed by atoms with van der Waals surface area (Å²) in [6, 6.07) is 7.87. The first kappa shape index (κ1) is 8.78. The van der Waals surface area contributed by atoms with E-state index in [4.69, 9.17) is 0 Å². The summed E-state index contributed by atoms with van der Waals surface area (Å²) in [5.74, 6) is -0.0248. The van der Waals surface area contributed by atoms with Gasteiger partial charge in [-0.3, -0.25) is 4.79 Å². The van der Waals surface area contributed by atoms with E-state index in [1.807, 2.05) is 24.3 Å². The van der Waals surface area contributed by atoms with Crippen LogP contribution in [0, 0.1) is 0 Å². The van der Waals surface area contributed by atoms with Gasteiger partial charge in [0, 0.05) is 14.0 Å². The van der Waals surface area contributed by atoms with Crippen LogP contribution in [0.1, 0.15) is 20.8 Å². The minimum absolute atomic E-state index is 0. The van der Waals surface area contributed by atoms with E-state index >= 15 is 0 Å². The second kappa shape index (κ2) is 3.90. The van der Waals surface area contributed by atoms with Gasteiger partial charge in [0.1, 0.15) is 0 Å². The largest absolute Gasteiger partial charge is 0.326 e. The van der Waals surface area contributed by atoms with Gasteiger partial charge in [-0.15, -0.1) is 0 Å². The number of aryl methyl sites for hydroxylation is 1. The Hall–Kier alpha value is -1.31. The molecular weight excluding hydrogens is 150 g/mol. The minimum Gasteiger partial charge on any atom is -0.326 e. The molecule has 0 aliphatic heterocycles. The van der Waals surface area contributed by atoms with Gasteiger partial charge in [-0.25, -0.2) is 0 Å². The fraction of sp³-hybridized carbons (Fsp3) is 0.300. The predicted octanol–water partition coefficient (Wildman–Crippen LogP) is 2.45. The average Bonchev–Trinajstić information content (AvgIpc) is 2.03. The van der Waals surface area contributed by atoms with Gasteiger partial charge in [0.2, 0.25) is 5.91 Å². The topological polar surface area (TPSA) is 29.1 Å². The molecule has 1 rings (SSSR count). The third-order valence-corrected chi connectivity index (χ3v) is 1.66. The smallest absolute Gasteiger partial charge is 0.221 e. The molecule has 0 atom stereocenters. The normalized spacial score (nSPS) is 9.50. The molecule has 1 aromatic rings. The van der Waals surface area contributed by atoms with Crippen LogP contribution in [0.15, 0.2) is 24.3 Å². The van der Waals surface area contributed by atoms with Crippen LogP contribution in [0.3, 0.4) is 0 Å². The Morgan fingerprint density at radius 2 is 2.33 bits per heavy atom. The number of nitrogens with one attached hydrogen (secondary N) is 1. The van der Waals surface area contributed by atoms with E-state index < -0.39 is 0 Å². The molecule has 0 bridgehead atoms. The first-order valence-electron chi connectivity index (χ1n) is 4.09. The molecule has 0 fully saturated rings. The third-order valence-electron chi connectivity index (χ3n) is 1.66. The summed E-state index contributed by atoms with van der Waals surface area (Å²) in [7, 11) is 0. The molecule has 1 N–H and O–H groups in total. The lowest BCUT2D eigenvalue weighted by atomic mass is 10.1. The number of rotatable bonds is 2. The molecule has 12 heavy (non-hydrogen) atoms. The van der Waals surface area contributed by atoms with Gasteiger partial charge in [-0.1, -0.05) is 19.1 Å². The highest BCUT2D eigenvalue weighted by Crippen LogP contribution is 2.10. The fourth-order valence-electron chi connectivity index (χ4n) is 1.07. The maximum atomic E-state index is 10.7. The first-order chi connectivity index (χ1) is 5.72. The quantitative estimate of drug-likeness (QED) is 0.716. The van der Waals surface area contributed by atoms with Gasteiger partial charge in [-0.2, -0.15) is 0 Å². The van der Waals surface area contributed by atoms with Gasteiger partial charge >= 0.3 is 0 Å². The van der Waals surface area contributed by atoms with Crippen molar-refractivity contribution in [3.8, 4) is 0 Å². The summed E-state index contributed by atoms with van der Waals surface area (Å²) >= 11 is 0. The van der Waals surface area contributed by atoms with Crippen molar-refractivity contribution in [3.63, 3.8) is 0 Å². The lowest BCUT2D eigenvalue weighted by molar-refractivity contribution is -0.114. The van der Waals surface area contributed by atoms with Crippen LogP contribution in [0.25, 0.3) is 0 Å². The maximum absolute atomic E-state index is 10.7. The van der Waals surface area contributed by atoms with Gasteiger partial charge in [0.25, 0.3) is 0 Å². The van der Waals surface area contributed by atoms with Crippen molar-refractivity contribution in [1.29, 1.82) is 0 Å². The van der Waals surface area contributed by atoms with Crippen molar-refractivity contribution in [2.45, 2.75) is 20.3 Å². The van der Waals surface area contributed by atoms with Crippen LogP contribution in [0.4, 0.5) is 5.69 Å². The first-order valence-corrected chi connectivity index (χ1v) is 4.09. The monoisotopic (exact) mass is 165 g/mol. The van der Waals surface area contributed by atoms with Crippen molar-refractivity contribution in [2.24, 2.45) is 0 Å². The number of anilines is 1. The van der Waals surface area contributed by atoms with Crippen LogP contribution in [-0.2, 0) is 11.2 Å². The minimum atomic E-state index is -0.0248. The molecular formula is C10H15NO. The zero-order valence-electron chi connectivity index (χ0n) is 7.42. The van der Waals surface area contributed by atoms with Gasteiger partial charge in [-0.05, 0) is 24.1 Å². The Kier molecular flexibility index (Phi) is 2.86. The van der Waals surface area contributed by atoms with E-state index in [2.05, 4.69) is 12.2 Å². The molecule has 2 nitrogen and oxygen atoms in total. The summed E-state index contributed by atoms with van der Waals surface area (Å²) in [5.41, 5.74) is 2.11. The van der Waals surface area contributed by atoms with E-state index in [0.29, 0.717) is 0 Å². The van der Waals surface area contributed by atoms with Crippen LogP contribution in [0.5, 0.6) is 0 Å². The molecule has 1 amide bonds. The second-order valence-corrected chi connectivity index (χ2v) is 2.74. The molecule has 0 aliphatic carbocycles. The molecule has 0 heterocycles. The SMILES string of the molecule is CCc1cccc(NC(C)=O)c1.[HH]. The number of carbonyl (C=O) groups is 1. The van der Waals surface area contributed by atoms with Crippen molar-refractivity contribution in [2.75, 3.05) is 5.32 Å². The highest BCUT2D eigenvalue weighted by molar-refractivity contribution is 5.88. The Bertz CT molecular complexity index is 286. The molecule has 2 heteroatoms. The molecule has 1 aromatic carbocycles. The molecule has 0 unspecified atom stereocenters. The molecule has 0 radical (unpaired) electrons. The number of amides is 1. The summed E-state index contributed by atoms with van der Waals surface area (Å²) in [6.45, 7) is 3.60. The lowest BCUT2D eigenvalue weighted by Gasteiger charge is -2.02. The molecule has 66 valence electrons. The maximum Gasteiger partial charge on any atom is 0.221 e. The lowest BCUT2D eigenvalue weighted by Crippen LogP contribution is -2.05. The van der Waals surface area contributed by atoms with Crippen LogP contribution < -0.4 is 5.32 Å². The summed E-state index contributed by atoms with van der Waals surface area (Å²) in [4.78, 5) is 10.7. The number of carbonyl (C=O) groups excluding carboxylic acids is 1. The van der Waals surface area contributed by atoms with E-state index in [1.165, 1.54) is 12.5 Å². The Morgan fingerprint density at radius 3 is 2.92 bits per heavy atom. The Labute approximate surface area is 74.1 Å². The Morgan fingerprint density at radius 1 is 1.58 bits per heavy atom. The summed E-state index contributed by atoms with van der Waals surface area (Å²) < 4.78 is 0. The Balaban J connectivity index is 0.00000144. The highest BCUT2D eigenvalue weighted by Gasteiger charge is 1.95. The number of hydrogen-bond acceptors (Lipinski definition) is 1. The second-order valence-electron chi connectivity index (χ2n) is 2.74. The van der Waals surface area contributed by atoms with Crippen LogP contribution >= 0.6 is 0 Å². The van der Waals surface area contributed by atoms with E-state index in [-0.39, 0.29) is 7.33 Å². The van der Waals surface area contributed by atoms with Crippen molar-refractivity contribution in [3.05, 3.63) is 29.8 Å². The molecule has 0 saturated carbocycles. The van der Waals surface area contributed by atoms with Gasteiger partial charge < -0.3 is 5.32 Å². The van der Waals surface area contributed by atoms with Gasteiger partial charge in [0.15, 0.2) is 0 Å². The number of benzene rings is 1. The average molecular weight is 165 g/mol. The van der Waals surface area contributed by atoms with Crippen molar-refractivity contribution < 1.29 is 6.22 Å². The van der Waals surface area contributed by atoms with E-state index in [0.717, 1.165) is 12.1 Å². The summed E-state index contributed by atoms with van der Waals surface area (Å²) in [5, 5.41) is 2.74. The zero-order chi connectivity index (χ0) is 8.97. The predicted molar refractivity (Wildman–Crippen MR) is 52.2 cm³/mol. The standard InChI is InChI=1S/C10H13NO.H2/c1-3-9-5-4-6-10(7-9)11-8(2)12;/h4-7H,3H2,1-2H3,(H,11,12);1H. The third kappa shape index (κ3) is 2.38. The van der Waals surface area contributed by atoms with Gasteiger partial charge in [0.05, 0.1) is 0 Å². The zero-order valence-corrected chi connectivity index (χ0v) is 7.42. The molecule has 0 spiro atoms. The summed E-state index contributed by atoms with van der Waals surface area (Å²) in [6.07, 6.45) is 0.993.